The summed E-state index contributed by atoms with van der Waals surface area (Å²) >= 11 is 4.74. The Balaban J connectivity index is 1.76. The van der Waals surface area contributed by atoms with Crippen molar-refractivity contribution >= 4 is 49.8 Å². The van der Waals surface area contributed by atoms with Gasteiger partial charge in [0, 0.05) is 15.6 Å². The minimum absolute atomic E-state index is 0.220. The van der Waals surface area contributed by atoms with Crippen LogP contribution in [0.3, 0.4) is 0 Å². The van der Waals surface area contributed by atoms with Gasteiger partial charge < -0.3 is 5.32 Å². The lowest BCUT2D eigenvalue weighted by Gasteiger charge is -2.05. The molecule has 1 N–H and O–H groups in total. The van der Waals surface area contributed by atoms with Gasteiger partial charge in [-0.15, -0.1) is 0 Å². The van der Waals surface area contributed by atoms with Gasteiger partial charge in [0.25, 0.3) is 5.91 Å². The molecule has 0 aliphatic carbocycles. The summed E-state index contributed by atoms with van der Waals surface area (Å²) in [5.74, 6) is -0.220. The van der Waals surface area contributed by atoms with E-state index in [0.29, 0.717) is 26.8 Å². The maximum atomic E-state index is 12.8. The van der Waals surface area contributed by atoms with Crippen LogP contribution < -0.4 is 5.32 Å². The summed E-state index contributed by atoms with van der Waals surface area (Å²) in [5.41, 5.74) is 3.38. The maximum Gasteiger partial charge on any atom is 0.256 e. The zero-order valence-corrected chi connectivity index (χ0v) is 18.7. The highest BCUT2D eigenvalue weighted by atomic mass is 79.9. The van der Waals surface area contributed by atoms with Crippen molar-refractivity contribution in [3.63, 3.8) is 0 Å². The standard InChI is InChI=1S/C25H16BrN3OS/c26-21-13-7-8-17(15-21)14-20(16-27)24-28-22(18-9-3-1-4-10-18)25(31-24)29-23(30)19-11-5-2-6-12-19/h1-15H,(H,29,30)/b20-14+. The van der Waals surface area contributed by atoms with Crippen molar-refractivity contribution in [2.45, 2.75) is 0 Å². The zero-order valence-electron chi connectivity index (χ0n) is 16.2. The molecule has 4 aromatic rings. The molecule has 6 heteroatoms. The third kappa shape index (κ3) is 4.97. The smallest absolute Gasteiger partial charge is 0.256 e. The highest BCUT2D eigenvalue weighted by Crippen LogP contribution is 2.36. The van der Waals surface area contributed by atoms with E-state index in [1.165, 1.54) is 11.3 Å². The normalized spacial score (nSPS) is 11.0. The maximum absolute atomic E-state index is 12.8. The van der Waals surface area contributed by atoms with Crippen molar-refractivity contribution in [3.05, 3.63) is 106 Å². The Kier molecular flexibility index (Phi) is 6.37. The molecule has 0 fully saturated rings. The Hall–Kier alpha value is -3.53. The number of hydrogen-bond acceptors (Lipinski definition) is 4. The first-order valence-corrected chi connectivity index (χ1v) is 11.1. The summed E-state index contributed by atoms with van der Waals surface area (Å²) in [7, 11) is 0. The number of benzene rings is 3. The molecule has 0 radical (unpaired) electrons. The fourth-order valence-corrected chi connectivity index (χ4v) is 4.35. The molecule has 4 nitrogen and oxygen atoms in total. The third-order valence-electron chi connectivity index (χ3n) is 4.45. The number of carbonyl (C=O) groups excluding carboxylic acids is 1. The Labute approximate surface area is 192 Å². The number of nitriles is 1. The number of nitrogens with zero attached hydrogens (tertiary/aromatic N) is 2. The van der Waals surface area contributed by atoms with Gasteiger partial charge in [-0.25, -0.2) is 4.98 Å². The fourth-order valence-electron chi connectivity index (χ4n) is 2.98. The largest absolute Gasteiger partial charge is 0.312 e. The molecule has 1 heterocycles. The van der Waals surface area contributed by atoms with Gasteiger partial charge in [0.05, 0.1) is 5.57 Å². The number of thiazole rings is 1. The van der Waals surface area contributed by atoms with E-state index >= 15 is 0 Å². The van der Waals surface area contributed by atoms with Crippen molar-refractivity contribution in [2.24, 2.45) is 0 Å². The van der Waals surface area contributed by atoms with Gasteiger partial charge in [-0.3, -0.25) is 4.79 Å². The number of aromatic nitrogens is 1. The molecule has 1 amide bonds. The van der Waals surface area contributed by atoms with Gasteiger partial charge in [-0.05, 0) is 35.9 Å². The van der Waals surface area contributed by atoms with Crippen molar-refractivity contribution < 1.29 is 4.79 Å². The predicted octanol–water partition coefficient (Wildman–Crippen LogP) is 6.89. The summed E-state index contributed by atoms with van der Waals surface area (Å²) in [4.78, 5) is 17.5. The topological polar surface area (TPSA) is 65.8 Å². The monoisotopic (exact) mass is 485 g/mol. The average Bonchev–Trinajstić information content (AvgIpc) is 3.22. The molecule has 0 bridgehead atoms. The van der Waals surface area contributed by atoms with E-state index in [0.717, 1.165) is 15.6 Å². The first-order chi connectivity index (χ1) is 15.1. The van der Waals surface area contributed by atoms with Gasteiger partial charge in [0.15, 0.2) is 0 Å². The van der Waals surface area contributed by atoms with E-state index in [-0.39, 0.29) is 5.91 Å². The van der Waals surface area contributed by atoms with Crippen LogP contribution in [0.25, 0.3) is 22.9 Å². The first-order valence-electron chi connectivity index (χ1n) is 9.44. The number of halogens is 1. The highest BCUT2D eigenvalue weighted by molar-refractivity contribution is 9.10. The lowest BCUT2D eigenvalue weighted by Crippen LogP contribution is -2.11. The van der Waals surface area contributed by atoms with Crippen molar-refractivity contribution in [3.8, 4) is 17.3 Å². The van der Waals surface area contributed by atoms with E-state index in [1.54, 1.807) is 18.2 Å². The van der Waals surface area contributed by atoms with Crippen LogP contribution in [0.1, 0.15) is 20.9 Å². The van der Waals surface area contributed by atoms with Gasteiger partial charge in [0.2, 0.25) is 0 Å². The molecule has 150 valence electrons. The van der Waals surface area contributed by atoms with Crippen LogP contribution in [0, 0.1) is 11.3 Å². The molecule has 0 aliphatic heterocycles. The van der Waals surface area contributed by atoms with Crippen LogP contribution in [0.2, 0.25) is 0 Å². The lowest BCUT2D eigenvalue weighted by atomic mass is 10.1. The average molecular weight is 486 g/mol. The molecule has 31 heavy (non-hydrogen) atoms. The minimum Gasteiger partial charge on any atom is -0.312 e. The van der Waals surface area contributed by atoms with E-state index in [1.807, 2.05) is 72.8 Å². The second kappa shape index (κ2) is 9.52. The van der Waals surface area contributed by atoms with E-state index in [4.69, 9.17) is 4.98 Å². The molecule has 0 aliphatic rings. The van der Waals surface area contributed by atoms with Crippen LogP contribution in [-0.2, 0) is 0 Å². The second-order valence-corrected chi connectivity index (χ2v) is 8.52. The van der Waals surface area contributed by atoms with Crippen LogP contribution in [-0.4, -0.2) is 10.9 Å². The zero-order chi connectivity index (χ0) is 21.6. The number of hydrogen-bond donors (Lipinski definition) is 1. The SMILES string of the molecule is N#C/C(=C\c1cccc(Br)c1)c1nc(-c2ccccc2)c(NC(=O)c2ccccc2)s1. The summed E-state index contributed by atoms with van der Waals surface area (Å²) < 4.78 is 0.929. The molecule has 0 saturated carbocycles. The molecule has 0 unspecified atom stereocenters. The lowest BCUT2D eigenvalue weighted by molar-refractivity contribution is 0.102. The Morgan fingerprint density at radius 3 is 2.39 bits per heavy atom. The molecule has 1 aromatic heterocycles. The van der Waals surface area contributed by atoms with Gasteiger partial charge in [-0.1, -0.05) is 87.9 Å². The minimum atomic E-state index is -0.220. The van der Waals surface area contributed by atoms with Crippen molar-refractivity contribution in [2.75, 3.05) is 5.32 Å². The summed E-state index contributed by atoms with van der Waals surface area (Å²) in [6.07, 6.45) is 1.79. The molecule has 0 spiro atoms. The number of anilines is 1. The number of nitrogens with one attached hydrogen (secondary N) is 1. The van der Waals surface area contributed by atoms with Gasteiger partial charge in [-0.2, -0.15) is 5.26 Å². The summed E-state index contributed by atoms with van der Waals surface area (Å²) in [6, 6.07) is 28.6. The second-order valence-electron chi connectivity index (χ2n) is 6.61. The van der Waals surface area contributed by atoms with E-state index < -0.39 is 0 Å². The molecular formula is C25H16BrN3OS. The molecule has 3 aromatic carbocycles. The Bertz CT molecular complexity index is 1290. The van der Waals surface area contributed by atoms with Crippen LogP contribution in [0.4, 0.5) is 5.00 Å². The number of rotatable bonds is 5. The number of allylic oxidation sites excluding steroid dienone is 1. The third-order valence-corrected chi connectivity index (χ3v) is 5.95. The quantitative estimate of drug-likeness (QED) is 0.313. The first kappa shape index (κ1) is 20.7. The molecule has 4 rings (SSSR count). The highest BCUT2D eigenvalue weighted by Gasteiger charge is 2.18. The summed E-state index contributed by atoms with van der Waals surface area (Å²) in [6.45, 7) is 0. The van der Waals surface area contributed by atoms with E-state index in [9.17, 15) is 10.1 Å². The Morgan fingerprint density at radius 1 is 1.00 bits per heavy atom. The molecule has 0 saturated heterocycles. The number of amides is 1. The molecule has 0 atom stereocenters. The van der Waals surface area contributed by atoms with Crippen LogP contribution in [0.5, 0.6) is 0 Å². The van der Waals surface area contributed by atoms with Crippen molar-refractivity contribution in [1.29, 1.82) is 5.26 Å². The van der Waals surface area contributed by atoms with Gasteiger partial charge >= 0.3 is 0 Å². The summed E-state index contributed by atoms with van der Waals surface area (Å²) in [5, 5.41) is 13.9. The fraction of sp³-hybridized carbons (Fsp3) is 0. The van der Waals surface area contributed by atoms with Crippen molar-refractivity contribution in [1.82, 2.24) is 4.98 Å². The van der Waals surface area contributed by atoms with E-state index in [2.05, 4.69) is 27.3 Å². The van der Waals surface area contributed by atoms with Crippen LogP contribution in [0.15, 0.2) is 89.4 Å². The predicted molar refractivity (Wildman–Crippen MR) is 130 cm³/mol. The van der Waals surface area contributed by atoms with Crippen LogP contribution >= 0.6 is 27.3 Å². The van der Waals surface area contributed by atoms with Gasteiger partial charge in [0.1, 0.15) is 21.8 Å². The Morgan fingerprint density at radius 2 is 1.71 bits per heavy atom. The number of carbonyl (C=O) groups is 1. The molecular weight excluding hydrogens is 470 g/mol.